The lowest BCUT2D eigenvalue weighted by atomic mass is 10.1. The summed E-state index contributed by atoms with van der Waals surface area (Å²) in [7, 11) is 1.70. The van der Waals surface area contributed by atoms with Gasteiger partial charge in [-0.3, -0.25) is 13.9 Å². The summed E-state index contributed by atoms with van der Waals surface area (Å²) >= 11 is 0. The zero-order chi connectivity index (χ0) is 21.4. The molecule has 0 aliphatic carbocycles. The Hall–Kier alpha value is -4.33. The Labute approximate surface area is 176 Å². The van der Waals surface area contributed by atoms with E-state index < -0.39 is 0 Å². The number of amides is 1. The lowest BCUT2D eigenvalue weighted by molar-refractivity contribution is 0.101. The average molecular weight is 412 g/mol. The second-order valence-corrected chi connectivity index (χ2v) is 7.03. The number of hydrogen-bond acceptors (Lipinski definition) is 4. The molecule has 0 saturated heterocycles. The minimum atomic E-state index is -0.319. The number of carbonyl (C=O) groups excluding carboxylic acids is 1. The van der Waals surface area contributed by atoms with Crippen molar-refractivity contribution < 1.29 is 9.18 Å². The van der Waals surface area contributed by atoms with E-state index >= 15 is 0 Å². The van der Waals surface area contributed by atoms with Crippen LogP contribution in [-0.4, -0.2) is 30.1 Å². The average Bonchev–Trinajstić information content (AvgIpc) is 3.38. The third-order valence-electron chi connectivity index (χ3n) is 4.93. The Kier molecular flexibility index (Phi) is 4.51. The molecule has 8 heteroatoms. The summed E-state index contributed by atoms with van der Waals surface area (Å²) in [6.07, 6.45) is 5.49. The fourth-order valence-corrected chi connectivity index (χ4v) is 3.33. The van der Waals surface area contributed by atoms with Crippen LogP contribution in [0.1, 0.15) is 10.5 Å². The number of aryl methyl sites for hydroxylation is 1. The SMILES string of the molecule is Cn1nc(-c2ccc(F)cc2)cc1C(=O)Nc1ccc(-c2cn3cccnc3n2)cc1. The molecule has 0 atom stereocenters. The molecule has 31 heavy (non-hydrogen) atoms. The van der Waals surface area contributed by atoms with E-state index in [-0.39, 0.29) is 11.7 Å². The second kappa shape index (κ2) is 7.49. The van der Waals surface area contributed by atoms with Crippen molar-refractivity contribution in [3.05, 3.63) is 90.8 Å². The molecule has 7 nitrogen and oxygen atoms in total. The van der Waals surface area contributed by atoms with Crippen LogP contribution in [0.5, 0.6) is 0 Å². The number of hydrogen-bond donors (Lipinski definition) is 1. The van der Waals surface area contributed by atoms with Crippen LogP contribution in [-0.2, 0) is 7.05 Å². The molecular weight excluding hydrogens is 395 g/mol. The van der Waals surface area contributed by atoms with E-state index in [9.17, 15) is 9.18 Å². The molecule has 3 heterocycles. The first-order valence-electron chi connectivity index (χ1n) is 9.58. The number of nitrogens with one attached hydrogen (secondary N) is 1. The van der Waals surface area contributed by atoms with Gasteiger partial charge in [0.2, 0.25) is 5.78 Å². The van der Waals surface area contributed by atoms with Gasteiger partial charge in [0, 0.05) is 42.5 Å². The third-order valence-corrected chi connectivity index (χ3v) is 4.93. The monoisotopic (exact) mass is 412 g/mol. The van der Waals surface area contributed by atoms with Gasteiger partial charge in [0.05, 0.1) is 11.4 Å². The predicted molar refractivity (Wildman–Crippen MR) is 115 cm³/mol. The van der Waals surface area contributed by atoms with Crippen molar-refractivity contribution in [1.29, 1.82) is 0 Å². The first-order valence-corrected chi connectivity index (χ1v) is 9.58. The molecule has 0 fully saturated rings. The van der Waals surface area contributed by atoms with Gasteiger partial charge in [0.15, 0.2) is 0 Å². The molecule has 3 aromatic heterocycles. The normalized spacial score (nSPS) is 11.0. The van der Waals surface area contributed by atoms with Gasteiger partial charge >= 0.3 is 0 Å². The van der Waals surface area contributed by atoms with Crippen LogP contribution in [0.3, 0.4) is 0 Å². The van der Waals surface area contributed by atoms with E-state index in [0.29, 0.717) is 22.9 Å². The minimum Gasteiger partial charge on any atom is -0.321 e. The zero-order valence-corrected chi connectivity index (χ0v) is 16.5. The number of aromatic nitrogens is 5. The van der Waals surface area contributed by atoms with E-state index in [1.165, 1.54) is 16.8 Å². The number of nitrogens with zero attached hydrogens (tertiary/aromatic N) is 5. The van der Waals surface area contributed by atoms with E-state index in [1.807, 2.05) is 47.1 Å². The van der Waals surface area contributed by atoms with Crippen LogP contribution in [0.2, 0.25) is 0 Å². The molecule has 5 aromatic rings. The topological polar surface area (TPSA) is 77.1 Å². The Morgan fingerprint density at radius 2 is 1.71 bits per heavy atom. The number of benzene rings is 2. The van der Waals surface area contributed by atoms with Crippen molar-refractivity contribution in [2.45, 2.75) is 0 Å². The molecule has 5 rings (SSSR count). The quantitative estimate of drug-likeness (QED) is 0.480. The summed E-state index contributed by atoms with van der Waals surface area (Å²) in [5.74, 6) is 0.0251. The first-order chi connectivity index (χ1) is 15.1. The van der Waals surface area contributed by atoms with E-state index in [4.69, 9.17) is 0 Å². The van der Waals surface area contributed by atoms with Crippen LogP contribution in [0.25, 0.3) is 28.3 Å². The van der Waals surface area contributed by atoms with Crippen molar-refractivity contribution in [3.63, 3.8) is 0 Å². The zero-order valence-electron chi connectivity index (χ0n) is 16.5. The van der Waals surface area contributed by atoms with E-state index in [2.05, 4.69) is 20.4 Å². The maximum Gasteiger partial charge on any atom is 0.273 e. The Morgan fingerprint density at radius 3 is 2.45 bits per heavy atom. The predicted octanol–water partition coefficient (Wildman–Crippen LogP) is 4.19. The number of rotatable bonds is 4. The first kappa shape index (κ1) is 18.7. The lowest BCUT2D eigenvalue weighted by Gasteiger charge is -2.06. The van der Waals surface area contributed by atoms with Crippen LogP contribution < -0.4 is 5.32 Å². The fraction of sp³-hybridized carbons (Fsp3) is 0.0435. The highest BCUT2D eigenvalue weighted by atomic mass is 19.1. The van der Waals surface area contributed by atoms with Gasteiger partial charge in [0.25, 0.3) is 5.91 Å². The highest BCUT2D eigenvalue weighted by molar-refractivity contribution is 6.03. The van der Waals surface area contributed by atoms with Crippen LogP contribution in [0.15, 0.2) is 79.3 Å². The summed E-state index contributed by atoms with van der Waals surface area (Å²) in [4.78, 5) is 21.5. The highest BCUT2D eigenvalue weighted by Gasteiger charge is 2.15. The fourth-order valence-electron chi connectivity index (χ4n) is 3.33. The van der Waals surface area contributed by atoms with Crippen LogP contribution >= 0.6 is 0 Å². The molecule has 0 saturated carbocycles. The number of halogens is 1. The summed E-state index contributed by atoms with van der Waals surface area (Å²) < 4.78 is 16.5. The van der Waals surface area contributed by atoms with Gasteiger partial charge in [-0.15, -0.1) is 0 Å². The number of imidazole rings is 1. The van der Waals surface area contributed by atoms with Gasteiger partial charge in [0.1, 0.15) is 11.5 Å². The van der Waals surface area contributed by atoms with Crippen LogP contribution in [0, 0.1) is 5.82 Å². The maximum absolute atomic E-state index is 13.2. The molecule has 1 N–H and O–H groups in total. The maximum atomic E-state index is 13.2. The Bertz CT molecular complexity index is 1350. The molecule has 0 bridgehead atoms. The van der Waals surface area contributed by atoms with Gasteiger partial charge in [-0.25, -0.2) is 14.4 Å². The summed E-state index contributed by atoms with van der Waals surface area (Å²) in [5, 5.41) is 7.25. The number of carbonyl (C=O) groups is 1. The summed E-state index contributed by atoms with van der Waals surface area (Å²) in [5.41, 5.74) is 4.11. The molecule has 0 radical (unpaired) electrons. The van der Waals surface area contributed by atoms with Crippen molar-refractivity contribution in [2.75, 3.05) is 5.32 Å². The van der Waals surface area contributed by atoms with E-state index in [1.54, 1.807) is 31.4 Å². The molecule has 1 amide bonds. The molecular formula is C23H17FN6O. The number of fused-ring (bicyclic) bond motifs is 1. The Morgan fingerprint density at radius 1 is 1.00 bits per heavy atom. The van der Waals surface area contributed by atoms with Gasteiger partial charge < -0.3 is 5.32 Å². The molecule has 0 spiro atoms. The van der Waals surface area contributed by atoms with Crippen molar-refractivity contribution >= 4 is 17.4 Å². The Balaban J connectivity index is 1.34. The van der Waals surface area contributed by atoms with Crippen molar-refractivity contribution in [2.24, 2.45) is 7.05 Å². The summed E-state index contributed by atoms with van der Waals surface area (Å²) in [6, 6.07) is 16.9. The highest BCUT2D eigenvalue weighted by Crippen LogP contribution is 2.22. The van der Waals surface area contributed by atoms with Crippen molar-refractivity contribution in [1.82, 2.24) is 24.1 Å². The van der Waals surface area contributed by atoms with Crippen LogP contribution in [0.4, 0.5) is 10.1 Å². The molecule has 2 aromatic carbocycles. The largest absolute Gasteiger partial charge is 0.321 e. The molecule has 152 valence electrons. The van der Waals surface area contributed by atoms with Gasteiger partial charge in [-0.05, 0) is 48.5 Å². The summed E-state index contributed by atoms with van der Waals surface area (Å²) in [6.45, 7) is 0. The number of anilines is 1. The molecule has 0 aliphatic rings. The van der Waals surface area contributed by atoms with Gasteiger partial charge in [-0.2, -0.15) is 5.10 Å². The smallest absolute Gasteiger partial charge is 0.273 e. The minimum absolute atomic E-state index is 0.284. The van der Waals surface area contributed by atoms with E-state index in [0.717, 1.165) is 16.8 Å². The molecule has 0 aliphatic heterocycles. The lowest BCUT2D eigenvalue weighted by Crippen LogP contribution is -2.15. The van der Waals surface area contributed by atoms with Crippen molar-refractivity contribution in [3.8, 4) is 22.5 Å². The second-order valence-electron chi connectivity index (χ2n) is 7.03. The van der Waals surface area contributed by atoms with Gasteiger partial charge in [-0.1, -0.05) is 12.1 Å². The standard InChI is InChI=1S/C23H17FN6O/c1-29-21(13-19(28-29)15-3-7-17(24)8-4-15)22(31)26-18-9-5-16(6-10-18)20-14-30-12-2-11-25-23(30)27-20/h2-14H,1H3,(H,26,31). The molecule has 0 unspecified atom stereocenters. The third kappa shape index (κ3) is 3.66.